The summed E-state index contributed by atoms with van der Waals surface area (Å²) in [5.41, 5.74) is 0.766. The minimum atomic E-state index is 0.0693. The zero-order valence-corrected chi connectivity index (χ0v) is 10.5. The molecular formula is C13H15N3O3. The van der Waals surface area contributed by atoms with Gasteiger partial charge in [0.2, 0.25) is 6.79 Å². The van der Waals surface area contributed by atoms with Crippen molar-refractivity contribution in [1.82, 2.24) is 15.3 Å². The Bertz CT molecular complexity index is 569. The molecule has 19 heavy (non-hydrogen) atoms. The average Bonchev–Trinajstić information content (AvgIpc) is 3.06. The first-order valence-electron chi connectivity index (χ1n) is 6.08. The van der Waals surface area contributed by atoms with Gasteiger partial charge in [-0.25, -0.2) is 4.98 Å². The van der Waals surface area contributed by atoms with Crippen LogP contribution >= 0.6 is 0 Å². The smallest absolute Gasteiger partial charge is 0.231 e. The highest BCUT2D eigenvalue weighted by Crippen LogP contribution is 2.37. The van der Waals surface area contributed by atoms with Gasteiger partial charge in [0, 0.05) is 30.6 Å². The molecule has 0 spiro atoms. The Kier molecular flexibility index (Phi) is 3.00. The van der Waals surface area contributed by atoms with E-state index in [1.807, 2.05) is 6.92 Å². The van der Waals surface area contributed by atoms with Crippen LogP contribution in [0.15, 0.2) is 24.5 Å². The summed E-state index contributed by atoms with van der Waals surface area (Å²) >= 11 is 0. The number of nitrogens with zero attached hydrogens (tertiary/aromatic N) is 1. The minimum absolute atomic E-state index is 0.0693. The van der Waals surface area contributed by atoms with Crippen LogP contribution in [-0.4, -0.2) is 21.9 Å². The van der Waals surface area contributed by atoms with Crippen LogP contribution in [0.2, 0.25) is 0 Å². The molecule has 2 heterocycles. The third kappa shape index (κ3) is 2.34. The molecule has 1 aromatic carbocycles. The van der Waals surface area contributed by atoms with E-state index in [1.165, 1.54) is 0 Å². The molecule has 0 amide bonds. The molecule has 1 unspecified atom stereocenters. The summed E-state index contributed by atoms with van der Waals surface area (Å²) in [6.07, 6.45) is 3.50. The molecule has 6 heteroatoms. The normalized spacial score (nSPS) is 14.6. The summed E-state index contributed by atoms with van der Waals surface area (Å²) < 4.78 is 10.5. The lowest BCUT2D eigenvalue weighted by molar-refractivity contribution is 0.174. The molecule has 0 fully saturated rings. The second kappa shape index (κ2) is 4.81. The van der Waals surface area contributed by atoms with Crippen LogP contribution in [0.5, 0.6) is 17.2 Å². The summed E-state index contributed by atoms with van der Waals surface area (Å²) in [7, 11) is 0. The van der Waals surface area contributed by atoms with E-state index in [-0.39, 0.29) is 18.6 Å². The van der Waals surface area contributed by atoms with E-state index in [0.29, 0.717) is 18.0 Å². The number of H-pyrrole nitrogens is 1. The molecule has 0 saturated carbocycles. The standard InChI is InChI=1S/C13H15N3O3/c1-8(13-14-2-3-15-13)16-6-9-4-11-12(5-10(9)17)19-7-18-11/h2-5,8,16-17H,6-7H2,1H3,(H,14,15). The number of phenolic OH excluding ortho intramolecular Hbond substituents is 1. The highest BCUT2D eigenvalue weighted by molar-refractivity contribution is 5.51. The molecule has 1 aliphatic heterocycles. The lowest BCUT2D eigenvalue weighted by Gasteiger charge is -2.12. The number of rotatable bonds is 4. The Balaban J connectivity index is 1.70. The summed E-state index contributed by atoms with van der Waals surface area (Å²) in [5, 5.41) is 13.2. The van der Waals surface area contributed by atoms with Crippen molar-refractivity contribution in [2.75, 3.05) is 6.79 Å². The fourth-order valence-corrected chi connectivity index (χ4v) is 1.99. The van der Waals surface area contributed by atoms with E-state index < -0.39 is 0 Å². The molecule has 3 rings (SSSR count). The predicted octanol–water partition coefficient (Wildman–Crippen LogP) is 1.69. The fourth-order valence-electron chi connectivity index (χ4n) is 1.99. The number of imidazole rings is 1. The summed E-state index contributed by atoms with van der Waals surface area (Å²) in [6.45, 7) is 2.72. The number of hydrogen-bond donors (Lipinski definition) is 3. The van der Waals surface area contributed by atoms with E-state index >= 15 is 0 Å². The van der Waals surface area contributed by atoms with Crippen molar-refractivity contribution < 1.29 is 14.6 Å². The van der Waals surface area contributed by atoms with Gasteiger partial charge < -0.3 is 24.9 Å². The minimum Gasteiger partial charge on any atom is -0.507 e. The first-order valence-corrected chi connectivity index (χ1v) is 6.08. The Labute approximate surface area is 110 Å². The number of nitrogens with one attached hydrogen (secondary N) is 2. The van der Waals surface area contributed by atoms with Gasteiger partial charge in [-0.3, -0.25) is 0 Å². The van der Waals surface area contributed by atoms with Crippen molar-refractivity contribution in [2.24, 2.45) is 0 Å². The van der Waals surface area contributed by atoms with Gasteiger partial charge in [0.1, 0.15) is 11.6 Å². The Morgan fingerprint density at radius 2 is 2.21 bits per heavy atom. The van der Waals surface area contributed by atoms with Crippen molar-refractivity contribution in [3.63, 3.8) is 0 Å². The maximum absolute atomic E-state index is 9.92. The largest absolute Gasteiger partial charge is 0.507 e. The van der Waals surface area contributed by atoms with Gasteiger partial charge in [0.25, 0.3) is 0 Å². The number of benzene rings is 1. The van der Waals surface area contributed by atoms with Crippen molar-refractivity contribution in [3.8, 4) is 17.2 Å². The van der Waals surface area contributed by atoms with Gasteiger partial charge in [-0.2, -0.15) is 0 Å². The molecule has 1 atom stereocenters. The average molecular weight is 261 g/mol. The zero-order valence-electron chi connectivity index (χ0n) is 10.5. The van der Waals surface area contributed by atoms with E-state index in [0.717, 1.165) is 11.4 Å². The number of phenols is 1. The highest BCUT2D eigenvalue weighted by atomic mass is 16.7. The number of hydrogen-bond acceptors (Lipinski definition) is 5. The Morgan fingerprint density at radius 3 is 2.95 bits per heavy atom. The van der Waals surface area contributed by atoms with E-state index in [1.54, 1.807) is 24.5 Å². The molecule has 1 aromatic heterocycles. The third-order valence-electron chi connectivity index (χ3n) is 3.10. The van der Waals surface area contributed by atoms with E-state index in [2.05, 4.69) is 15.3 Å². The third-order valence-corrected chi connectivity index (χ3v) is 3.10. The van der Waals surface area contributed by atoms with Crippen LogP contribution in [0.3, 0.4) is 0 Å². The molecule has 100 valence electrons. The number of ether oxygens (including phenoxy) is 2. The highest BCUT2D eigenvalue weighted by Gasteiger charge is 2.17. The zero-order chi connectivity index (χ0) is 13.2. The van der Waals surface area contributed by atoms with Crippen molar-refractivity contribution >= 4 is 0 Å². The second-order valence-electron chi connectivity index (χ2n) is 4.41. The van der Waals surface area contributed by atoms with Crippen LogP contribution < -0.4 is 14.8 Å². The van der Waals surface area contributed by atoms with Gasteiger partial charge in [-0.1, -0.05) is 0 Å². The van der Waals surface area contributed by atoms with E-state index in [9.17, 15) is 5.11 Å². The topological polar surface area (TPSA) is 79.4 Å². The monoisotopic (exact) mass is 261 g/mol. The van der Waals surface area contributed by atoms with Crippen molar-refractivity contribution in [3.05, 3.63) is 35.9 Å². The molecule has 2 aromatic rings. The first kappa shape index (κ1) is 11.9. The Hall–Kier alpha value is -2.21. The maximum atomic E-state index is 9.92. The van der Waals surface area contributed by atoms with Crippen LogP contribution in [0.1, 0.15) is 24.4 Å². The van der Waals surface area contributed by atoms with Crippen LogP contribution in [0.4, 0.5) is 0 Å². The van der Waals surface area contributed by atoms with Gasteiger partial charge in [-0.05, 0) is 13.0 Å². The lowest BCUT2D eigenvalue weighted by Crippen LogP contribution is -2.19. The first-order chi connectivity index (χ1) is 9.24. The van der Waals surface area contributed by atoms with Crippen molar-refractivity contribution in [1.29, 1.82) is 0 Å². The Morgan fingerprint density at radius 1 is 1.42 bits per heavy atom. The van der Waals surface area contributed by atoms with Gasteiger partial charge >= 0.3 is 0 Å². The quantitative estimate of drug-likeness (QED) is 0.780. The van der Waals surface area contributed by atoms with Crippen LogP contribution in [0, 0.1) is 0 Å². The SMILES string of the molecule is CC(NCc1cc2c(cc1O)OCO2)c1ncc[nH]1. The summed E-state index contributed by atoms with van der Waals surface area (Å²) in [5.74, 6) is 2.31. The number of fused-ring (bicyclic) bond motifs is 1. The number of aromatic nitrogens is 2. The molecule has 0 radical (unpaired) electrons. The molecule has 6 nitrogen and oxygen atoms in total. The summed E-state index contributed by atoms with van der Waals surface area (Å²) in [4.78, 5) is 7.23. The maximum Gasteiger partial charge on any atom is 0.231 e. The lowest BCUT2D eigenvalue weighted by atomic mass is 10.1. The van der Waals surface area contributed by atoms with Gasteiger partial charge in [-0.15, -0.1) is 0 Å². The van der Waals surface area contributed by atoms with E-state index in [4.69, 9.17) is 9.47 Å². The van der Waals surface area contributed by atoms with Crippen molar-refractivity contribution in [2.45, 2.75) is 19.5 Å². The van der Waals surface area contributed by atoms with Crippen LogP contribution in [-0.2, 0) is 6.54 Å². The molecule has 0 saturated heterocycles. The van der Waals surface area contributed by atoms with Gasteiger partial charge in [0.15, 0.2) is 11.5 Å². The number of aromatic amines is 1. The predicted molar refractivity (Wildman–Crippen MR) is 68.1 cm³/mol. The molecule has 1 aliphatic rings. The second-order valence-corrected chi connectivity index (χ2v) is 4.41. The summed E-state index contributed by atoms with van der Waals surface area (Å²) in [6, 6.07) is 3.44. The molecule has 0 aliphatic carbocycles. The molecule has 3 N–H and O–H groups in total. The molecular weight excluding hydrogens is 246 g/mol. The van der Waals surface area contributed by atoms with Gasteiger partial charge in [0.05, 0.1) is 6.04 Å². The number of aromatic hydroxyl groups is 1. The fraction of sp³-hybridized carbons (Fsp3) is 0.308. The molecule has 0 bridgehead atoms. The van der Waals surface area contributed by atoms with Crippen LogP contribution in [0.25, 0.3) is 0 Å².